The molecule has 0 N–H and O–H groups in total. The van der Waals surface area contributed by atoms with Gasteiger partial charge in [-0.1, -0.05) is 33.3 Å². The van der Waals surface area contributed by atoms with Crippen molar-refractivity contribution >= 4 is 39.3 Å². The maximum absolute atomic E-state index is 13.9. The van der Waals surface area contributed by atoms with Gasteiger partial charge in [0.05, 0.1) is 56.9 Å². The van der Waals surface area contributed by atoms with Gasteiger partial charge in [0, 0.05) is 4.47 Å². The minimum absolute atomic E-state index is 0.180. The molecule has 1 aliphatic rings. The number of carbonyl (C=O) groups excluding carboxylic acids is 1. The van der Waals surface area contributed by atoms with Crippen molar-refractivity contribution in [3.63, 3.8) is 0 Å². The summed E-state index contributed by atoms with van der Waals surface area (Å²) in [6.07, 6.45) is 1.76. The quantitative estimate of drug-likeness (QED) is 0.363. The van der Waals surface area contributed by atoms with Crippen molar-refractivity contribution in [2.75, 3.05) is 35.0 Å². The Morgan fingerprint density at radius 1 is 1.03 bits per heavy atom. The van der Waals surface area contributed by atoms with Crippen LogP contribution in [0.3, 0.4) is 0 Å². The third-order valence-corrected chi connectivity index (χ3v) is 7.69. The Bertz CT molecular complexity index is 1610. The molecule has 2 heterocycles. The molecule has 0 saturated heterocycles. The third kappa shape index (κ3) is 4.95. The Labute approximate surface area is 231 Å². The van der Waals surface area contributed by atoms with Gasteiger partial charge in [-0.15, -0.1) is 0 Å². The first-order chi connectivity index (χ1) is 18.3. The average molecular weight is 603 g/mol. The molecule has 11 heteroatoms. The van der Waals surface area contributed by atoms with Gasteiger partial charge < -0.3 is 23.7 Å². The molecule has 0 amide bonds. The van der Waals surface area contributed by atoms with Crippen LogP contribution in [0, 0.1) is 0 Å². The number of aromatic nitrogens is 1. The first-order valence-electron chi connectivity index (χ1n) is 11.6. The molecule has 9 nitrogen and oxygen atoms in total. The molecule has 0 aliphatic carbocycles. The summed E-state index contributed by atoms with van der Waals surface area (Å²) in [5.41, 5.74) is 1.81. The molecule has 0 unspecified atom stereocenters. The number of carbonyl (C=O) groups is 1. The van der Waals surface area contributed by atoms with Gasteiger partial charge in [0.25, 0.3) is 5.56 Å². The average Bonchev–Trinajstić information content (AvgIpc) is 3.21. The van der Waals surface area contributed by atoms with E-state index < -0.39 is 12.0 Å². The first-order valence-corrected chi connectivity index (χ1v) is 13.2. The van der Waals surface area contributed by atoms with Crippen LogP contribution in [-0.4, -0.2) is 45.6 Å². The fourth-order valence-corrected chi connectivity index (χ4v) is 5.84. The molecule has 4 rings (SSSR count). The molecule has 1 aliphatic heterocycles. The van der Waals surface area contributed by atoms with E-state index in [-0.39, 0.29) is 17.7 Å². The smallest absolute Gasteiger partial charge is 0.338 e. The maximum Gasteiger partial charge on any atom is 0.338 e. The van der Waals surface area contributed by atoms with Gasteiger partial charge in [0.2, 0.25) is 0 Å². The van der Waals surface area contributed by atoms with Crippen LogP contribution < -0.4 is 33.8 Å². The number of fused-ring (bicyclic) bond motifs is 1. The molecule has 0 radical (unpaired) electrons. The number of methoxy groups -OCH3 is 4. The van der Waals surface area contributed by atoms with Gasteiger partial charge in [-0.25, -0.2) is 9.79 Å². The van der Waals surface area contributed by atoms with Crippen LogP contribution in [0.1, 0.15) is 31.0 Å². The lowest BCUT2D eigenvalue weighted by molar-refractivity contribution is -0.139. The van der Waals surface area contributed by atoms with Gasteiger partial charge in [-0.2, -0.15) is 0 Å². The van der Waals surface area contributed by atoms with Gasteiger partial charge in [0.15, 0.2) is 27.8 Å². The monoisotopic (exact) mass is 602 g/mol. The van der Waals surface area contributed by atoms with Crippen molar-refractivity contribution in [2.24, 2.45) is 4.99 Å². The Hall–Kier alpha value is -3.57. The molecular weight excluding hydrogens is 576 g/mol. The predicted octanol–water partition coefficient (Wildman–Crippen LogP) is 3.60. The predicted molar refractivity (Wildman–Crippen MR) is 147 cm³/mol. The Morgan fingerprint density at radius 3 is 2.29 bits per heavy atom. The number of thiazole rings is 1. The molecule has 200 valence electrons. The zero-order chi connectivity index (χ0) is 27.6. The topological polar surface area (TPSA) is 97.6 Å². The van der Waals surface area contributed by atoms with Crippen molar-refractivity contribution in [3.8, 4) is 23.0 Å². The number of halogens is 1. The van der Waals surface area contributed by atoms with Crippen LogP contribution in [0.25, 0.3) is 6.08 Å². The van der Waals surface area contributed by atoms with Crippen molar-refractivity contribution < 1.29 is 28.5 Å². The number of ether oxygens (including phenoxy) is 5. The molecular formula is C27H27BrN2O7S. The number of benzene rings is 2. The largest absolute Gasteiger partial charge is 0.493 e. The van der Waals surface area contributed by atoms with Gasteiger partial charge >= 0.3 is 5.97 Å². The van der Waals surface area contributed by atoms with Crippen LogP contribution in [0.5, 0.6) is 23.0 Å². The lowest BCUT2D eigenvalue weighted by Gasteiger charge is -2.26. The Kier molecular flexibility index (Phi) is 8.27. The molecule has 0 fully saturated rings. The molecule has 3 aromatic rings. The summed E-state index contributed by atoms with van der Waals surface area (Å²) in [6.45, 7) is 3.64. The van der Waals surface area contributed by atoms with E-state index in [2.05, 4.69) is 20.9 Å². The van der Waals surface area contributed by atoms with Crippen molar-refractivity contribution in [3.05, 3.63) is 76.9 Å². The second kappa shape index (κ2) is 11.4. The van der Waals surface area contributed by atoms with E-state index >= 15 is 0 Å². The number of hydrogen-bond donors (Lipinski definition) is 0. The number of esters is 1. The Morgan fingerprint density at radius 2 is 1.66 bits per heavy atom. The van der Waals surface area contributed by atoms with Crippen LogP contribution >= 0.6 is 27.3 Å². The minimum Gasteiger partial charge on any atom is -0.493 e. The van der Waals surface area contributed by atoms with Gasteiger partial charge in [0.1, 0.15) is 0 Å². The van der Waals surface area contributed by atoms with E-state index in [0.717, 1.165) is 5.56 Å². The highest BCUT2D eigenvalue weighted by Gasteiger charge is 2.35. The standard InChI is InChI=1S/C27H27BrN2O7S/c1-7-37-26(32)23-14(2)29-27-30(24(23)16-12-20(35-5)21(36-6)13-17(16)28)25(31)22(38-27)11-15-8-9-18(33-3)19(10-15)34-4/h8-13,24H,7H2,1-6H3/b22-11-/t24-/m0/s1. The van der Waals surface area contributed by atoms with Crippen LogP contribution in [0.2, 0.25) is 0 Å². The first kappa shape index (κ1) is 27.5. The minimum atomic E-state index is -0.813. The number of allylic oxidation sites excluding steroid dienone is 1. The molecule has 38 heavy (non-hydrogen) atoms. The van der Waals surface area contributed by atoms with Crippen LogP contribution in [0.4, 0.5) is 0 Å². The number of hydrogen-bond acceptors (Lipinski definition) is 9. The lowest BCUT2D eigenvalue weighted by atomic mass is 9.95. The fourth-order valence-electron chi connectivity index (χ4n) is 4.26. The van der Waals surface area contributed by atoms with E-state index in [9.17, 15) is 9.59 Å². The summed E-state index contributed by atoms with van der Waals surface area (Å²) < 4.78 is 29.6. The van der Waals surface area contributed by atoms with E-state index in [1.807, 2.05) is 6.07 Å². The molecule has 2 aromatic carbocycles. The molecule has 0 saturated carbocycles. The van der Waals surface area contributed by atoms with E-state index in [4.69, 9.17) is 23.7 Å². The second-order valence-electron chi connectivity index (χ2n) is 8.15. The number of rotatable bonds is 8. The van der Waals surface area contributed by atoms with Crippen molar-refractivity contribution in [1.82, 2.24) is 4.57 Å². The molecule has 1 aromatic heterocycles. The third-order valence-electron chi connectivity index (χ3n) is 6.02. The molecule has 0 spiro atoms. The summed E-state index contributed by atoms with van der Waals surface area (Å²) in [6, 6.07) is 8.07. The summed E-state index contributed by atoms with van der Waals surface area (Å²) >= 11 is 4.83. The zero-order valence-corrected chi connectivity index (χ0v) is 24.2. The fraction of sp³-hybridized carbons (Fsp3) is 0.296. The van der Waals surface area contributed by atoms with E-state index in [1.54, 1.807) is 58.4 Å². The van der Waals surface area contributed by atoms with Crippen LogP contribution in [-0.2, 0) is 9.53 Å². The van der Waals surface area contributed by atoms with E-state index in [1.165, 1.54) is 30.1 Å². The van der Waals surface area contributed by atoms with E-state index in [0.29, 0.717) is 48.1 Å². The lowest BCUT2D eigenvalue weighted by Crippen LogP contribution is -2.40. The summed E-state index contributed by atoms with van der Waals surface area (Å²) in [4.78, 5) is 32.1. The molecule has 0 bridgehead atoms. The van der Waals surface area contributed by atoms with Crippen molar-refractivity contribution in [1.29, 1.82) is 0 Å². The zero-order valence-electron chi connectivity index (χ0n) is 21.8. The Balaban J connectivity index is 1.99. The van der Waals surface area contributed by atoms with Crippen molar-refractivity contribution in [2.45, 2.75) is 19.9 Å². The highest BCUT2D eigenvalue weighted by Crippen LogP contribution is 2.40. The normalized spacial score (nSPS) is 15.0. The van der Waals surface area contributed by atoms with Crippen LogP contribution in [0.15, 0.2) is 55.9 Å². The summed E-state index contributed by atoms with van der Waals surface area (Å²) in [5, 5.41) is 0. The number of nitrogens with zero attached hydrogens (tertiary/aromatic N) is 2. The van der Waals surface area contributed by atoms with Gasteiger partial charge in [-0.3, -0.25) is 9.36 Å². The second-order valence-corrected chi connectivity index (χ2v) is 10.0. The molecule has 1 atom stereocenters. The summed E-state index contributed by atoms with van der Waals surface area (Å²) in [5.74, 6) is 1.54. The maximum atomic E-state index is 13.9. The summed E-state index contributed by atoms with van der Waals surface area (Å²) in [7, 11) is 6.17. The highest BCUT2D eigenvalue weighted by molar-refractivity contribution is 9.10. The van der Waals surface area contributed by atoms with Gasteiger partial charge in [-0.05, 0) is 55.3 Å². The SMILES string of the molecule is CCOC(=O)C1=C(C)N=c2s/c(=C\c3ccc(OC)c(OC)c3)c(=O)n2[C@H]1c1cc(OC)c(OC)cc1Br. The highest BCUT2D eigenvalue weighted by atomic mass is 79.9.